The van der Waals surface area contributed by atoms with E-state index < -0.39 is 0 Å². The maximum absolute atomic E-state index is 5.22. The Balaban J connectivity index is 2.27. The van der Waals surface area contributed by atoms with Crippen molar-refractivity contribution in [3.05, 3.63) is 4.60 Å². The molecule has 0 spiro atoms. The van der Waals surface area contributed by atoms with Crippen molar-refractivity contribution in [2.75, 3.05) is 7.11 Å². The lowest BCUT2D eigenvalue weighted by Gasteiger charge is -2.11. The first-order valence-corrected chi connectivity index (χ1v) is 5.27. The highest BCUT2D eigenvalue weighted by Crippen LogP contribution is 2.34. The van der Waals surface area contributed by atoms with Gasteiger partial charge in [-0.05, 0) is 28.8 Å². The van der Waals surface area contributed by atoms with Gasteiger partial charge in [0.25, 0.3) is 0 Å². The molecule has 1 saturated carbocycles. The molecule has 1 aliphatic rings. The number of rotatable bonds is 2. The van der Waals surface area contributed by atoms with Gasteiger partial charge in [0, 0.05) is 0 Å². The molecule has 1 heterocycles. The average molecular weight is 246 g/mol. The number of hydrogen-bond donors (Lipinski definition) is 0. The van der Waals surface area contributed by atoms with Gasteiger partial charge in [-0.25, -0.2) is 4.68 Å². The van der Waals surface area contributed by atoms with Crippen LogP contribution in [0.1, 0.15) is 31.7 Å². The second-order valence-corrected chi connectivity index (χ2v) is 4.02. The standard InChI is InChI=1S/C8H12BrN3O/c1-13-8-7(9)10-11-12(8)6-4-2-3-5-6/h6H,2-5H2,1H3. The lowest BCUT2D eigenvalue weighted by atomic mass is 10.3. The number of methoxy groups -OCH3 is 1. The van der Waals surface area contributed by atoms with Crippen LogP contribution in [-0.4, -0.2) is 22.1 Å². The van der Waals surface area contributed by atoms with E-state index in [-0.39, 0.29) is 0 Å². The molecule has 1 fully saturated rings. The van der Waals surface area contributed by atoms with Gasteiger partial charge in [0.15, 0.2) is 4.60 Å². The zero-order chi connectivity index (χ0) is 9.26. The summed E-state index contributed by atoms with van der Waals surface area (Å²) in [5.41, 5.74) is 0. The van der Waals surface area contributed by atoms with Crippen molar-refractivity contribution in [1.29, 1.82) is 0 Å². The summed E-state index contributed by atoms with van der Waals surface area (Å²) in [6.45, 7) is 0. The van der Waals surface area contributed by atoms with Crippen molar-refractivity contribution in [2.45, 2.75) is 31.7 Å². The fourth-order valence-electron chi connectivity index (χ4n) is 1.83. The summed E-state index contributed by atoms with van der Waals surface area (Å²) in [7, 11) is 1.65. The summed E-state index contributed by atoms with van der Waals surface area (Å²) in [6, 6.07) is 0.480. The van der Waals surface area contributed by atoms with Crippen LogP contribution < -0.4 is 4.74 Å². The van der Waals surface area contributed by atoms with Crippen LogP contribution in [0.5, 0.6) is 5.88 Å². The summed E-state index contributed by atoms with van der Waals surface area (Å²) in [6.07, 6.45) is 4.94. The van der Waals surface area contributed by atoms with Crippen molar-refractivity contribution in [3.8, 4) is 5.88 Å². The maximum Gasteiger partial charge on any atom is 0.247 e. The third-order valence-electron chi connectivity index (χ3n) is 2.48. The number of ether oxygens (including phenoxy) is 1. The minimum absolute atomic E-state index is 0.480. The van der Waals surface area contributed by atoms with E-state index in [0.717, 1.165) is 5.88 Å². The van der Waals surface area contributed by atoms with E-state index in [1.165, 1.54) is 25.7 Å². The number of hydrogen-bond acceptors (Lipinski definition) is 3. The highest BCUT2D eigenvalue weighted by molar-refractivity contribution is 9.10. The van der Waals surface area contributed by atoms with Crippen molar-refractivity contribution < 1.29 is 4.74 Å². The molecule has 0 saturated heterocycles. The van der Waals surface area contributed by atoms with Crippen molar-refractivity contribution in [3.63, 3.8) is 0 Å². The average Bonchev–Trinajstić information content (AvgIpc) is 2.71. The molecular weight excluding hydrogens is 234 g/mol. The van der Waals surface area contributed by atoms with Gasteiger partial charge in [-0.15, -0.1) is 5.10 Å². The van der Waals surface area contributed by atoms with Gasteiger partial charge in [-0.3, -0.25) is 0 Å². The minimum Gasteiger partial charge on any atom is -0.479 e. The molecule has 0 amide bonds. The fourth-order valence-corrected chi connectivity index (χ4v) is 2.25. The molecule has 0 atom stereocenters. The fraction of sp³-hybridized carbons (Fsp3) is 0.750. The lowest BCUT2D eigenvalue weighted by Crippen LogP contribution is -2.08. The first-order valence-electron chi connectivity index (χ1n) is 4.47. The van der Waals surface area contributed by atoms with Crippen molar-refractivity contribution in [2.24, 2.45) is 0 Å². The van der Waals surface area contributed by atoms with Gasteiger partial charge in [-0.2, -0.15) is 0 Å². The molecule has 0 bridgehead atoms. The van der Waals surface area contributed by atoms with Gasteiger partial charge >= 0.3 is 0 Å². The molecule has 0 aromatic carbocycles. The van der Waals surface area contributed by atoms with E-state index >= 15 is 0 Å². The summed E-state index contributed by atoms with van der Waals surface area (Å²) in [5.74, 6) is 0.743. The highest BCUT2D eigenvalue weighted by atomic mass is 79.9. The number of nitrogens with zero attached hydrogens (tertiary/aromatic N) is 3. The Hall–Kier alpha value is -0.580. The molecule has 4 nitrogen and oxygen atoms in total. The molecule has 5 heteroatoms. The van der Waals surface area contributed by atoms with E-state index in [1.807, 2.05) is 4.68 Å². The van der Waals surface area contributed by atoms with Crippen LogP contribution in [0, 0.1) is 0 Å². The normalized spacial score (nSPS) is 18.0. The SMILES string of the molecule is COc1c(Br)nnn1C1CCCC1. The Kier molecular flexibility index (Phi) is 2.53. The largest absolute Gasteiger partial charge is 0.479 e. The molecular formula is C8H12BrN3O. The Bertz CT molecular complexity index is 294. The lowest BCUT2D eigenvalue weighted by molar-refractivity contribution is 0.328. The van der Waals surface area contributed by atoms with Crippen LogP contribution in [0.4, 0.5) is 0 Å². The number of aromatic nitrogens is 3. The summed E-state index contributed by atoms with van der Waals surface area (Å²) < 4.78 is 7.80. The van der Waals surface area contributed by atoms with E-state index in [0.29, 0.717) is 10.6 Å². The third-order valence-corrected chi connectivity index (χ3v) is 2.98. The van der Waals surface area contributed by atoms with E-state index in [9.17, 15) is 0 Å². The summed E-state index contributed by atoms with van der Waals surface area (Å²) >= 11 is 3.30. The van der Waals surface area contributed by atoms with Gasteiger partial charge < -0.3 is 4.74 Å². The molecule has 1 aromatic rings. The quantitative estimate of drug-likeness (QED) is 0.802. The molecule has 1 aliphatic carbocycles. The Labute approximate surface area is 85.4 Å². The minimum atomic E-state index is 0.480. The predicted molar refractivity (Wildman–Crippen MR) is 51.8 cm³/mol. The molecule has 0 unspecified atom stereocenters. The van der Waals surface area contributed by atoms with Crippen molar-refractivity contribution in [1.82, 2.24) is 15.0 Å². The van der Waals surface area contributed by atoms with Crippen LogP contribution in [-0.2, 0) is 0 Å². The predicted octanol–water partition coefficient (Wildman–Crippen LogP) is 2.16. The zero-order valence-corrected chi connectivity index (χ0v) is 9.12. The summed E-state index contributed by atoms with van der Waals surface area (Å²) in [5, 5.41) is 8.00. The molecule has 2 rings (SSSR count). The van der Waals surface area contributed by atoms with E-state index in [2.05, 4.69) is 26.2 Å². The number of halogens is 1. The van der Waals surface area contributed by atoms with E-state index in [4.69, 9.17) is 4.74 Å². The Morgan fingerprint density at radius 3 is 2.77 bits per heavy atom. The van der Waals surface area contributed by atoms with E-state index in [1.54, 1.807) is 7.11 Å². The summed E-state index contributed by atoms with van der Waals surface area (Å²) in [4.78, 5) is 0. The van der Waals surface area contributed by atoms with Crippen molar-refractivity contribution >= 4 is 15.9 Å². The van der Waals surface area contributed by atoms with Gasteiger partial charge in [-0.1, -0.05) is 18.1 Å². The van der Waals surface area contributed by atoms with Crippen LogP contribution in [0.2, 0.25) is 0 Å². The second kappa shape index (κ2) is 3.65. The topological polar surface area (TPSA) is 39.9 Å². The monoisotopic (exact) mass is 245 g/mol. The third kappa shape index (κ3) is 1.57. The molecule has 1 aromatic heterocycles. The van der Waals surface area contributed by atoms with Gasteiger partial charge in [0.05, 0.1) is 13.2 Å². The maximum atomic E-state index is 5.22. The molecule has 0 aliphatic heterocycles. The molecule has 0 radical (unpaired) electrons. The van der Waals surface area contributed by atoms with Crippen LogP contribution in [0.25, 0.3) is 0 Å². The van der Waals surface area contributed by atoms with Crippen LogP contribution in [0.15, 0.2) is 4.60 Å². The van der Waals surface area contributed by atoms with Crippen LogP contribution >= 0.6 is 15.9 Å². The van der Waals surface area contributed by atoms with Gasteiger partial charge in [0.1, 0.15) is 0 Å². The Morgan fingerprint density at radius 2 is 2.15 bits per heavy atom. The second-order valence-electron chi connectivity index (χ2n) is 3.27. The molecule has 13 heavy (non-hydrogen) atoms. The Morgan fingerprint density at radius 1 is 1.46 bits per heavy atom. The smallest absolute Gasteiger partial charge is 0.247 e. The highest BCUT2D eigenvalue weighted by Gasteiger charge is 2.22. The molecule has 72 valence electrons. The van der Waals surface area contributed by atoms with Gasteiger partial charge in [0.2, 0.25) is 5.88 Å². The first kappa shape index (κ1) is 8.99. The first-order chi connectivity index (χ1) is 6.33. The van der Waals surface area contributed by atoms with Crippen LogP contribution in [0.3, 0.4) is 0 Å². The molecule has 0 N–H and O–H groups in total. The zero-order valence-electron chi connectivity index (χ0n) is 7.53.